The van der Waals surface area contributed by atoms with Crippen LogP contribution in [0.2, 0.25) is 0 Å². The summed E-state index contributed by atoms with van der Waals surface area (Å²) in [6.45, 7) is 0. The van der Waals surface area contributed by atoms with E-state index < -0.39 is 4.92 Å². The molecule has 154 valence electrons. The van der Waals surface area contributed by atoms with Crippen LogP contribution in [0, 0.1) is 10.1 Å². The summed E-state index contributed by atoms with van der Waals surface area (Å²) in [5.41, 5.74) is 2.40. The van der Waals surface area contributed by atoms with E-state index in [2.05, 4.69) is 5.10 Å². The number of ether oxygens (including phenoxy) is 1. The van der Waals surface area contributed by atoms with Crippen LogP contribution < -0.4 is 9.75 Å². The minimum atomic E-state index is -0.464. The van der Waals surface area contributed by atoms with Gasteiger partial charge in [0.2, 0.25) is 0 Å². The number of hydrogen-bond donors (Lipinski definition) is 0. The molecule has 0 bridgehead atoms. The van der Waals surface area contributed by atoms with E-state index in [1.807, 2.05) is 65.7 Å². The van der Waals surface area contributed by atoms with E-state index in [-0.39, 0.29) is 5.69 Å². The van der Waals surface area contributed by atoms with Gasteiger partial charge in [-0.15, -0.1) is 0 Å². The van der Waals surface area contributed by atoms with Gasteiger partial charge in [0.15, 0.2) is 0 Å². The number of benzene rings is 3. The molecule has 1 aromatic heterocycles. The van der Waals surface area contributed by atoms with Crippen LogP contribution in [0.3, 0.4) is 0 Å². The Morgan fingerprint density at radius 3 is 2.16 bits per heavy atom. The Balaban J connectivity index is 1.64. The SMILES string of the molecule is COc1cc([N+](=O)[O-])ccc1-c1ccc(/C=N\N(c2ccccc2)c2ccccc2)o1. The summed E-state index contributed by atoms with van der Waals surface area (Å²) in [5, 5.41) is 17.4. The maximum absolute atomic E-state index is 11.0. The minimum absolute atomic E-state index is 0.0460. The van der Waals surface area contributed by atoms with E-state index in [1.165, 1.54) is 19.2 Å². The molecule has 4 aromatic rings. The van der Waals surface area contributed by atoms with Crippen molar-refractivity contribution in [3.05, 3.63) is 107 Å². The number of anilines is 2. The molecule has 0 saturated carbocycles. The summed E-state index contributed by atoms with van der Waals surface area (Å²) in [5.74, 6) is 1.42. The number of methoxy groups -OCH3 is 1. The minimum Gasteiger partial charge on any atom is -0.496 e. The van der Waals surface area contributed by atoms with Gasteiger partial charge in [-0.25, -0.2) is 5.01 Å². The Kier molecular flexibility index (Phi) is 5.75. The van der Waals surface area contributed by atoms with Gasteiger partial charge >= 0.3 is 0 Å². The molecule has 0 radical (unpaired) electrons. The third kappa shape index (κ3) is 4.45. The number of rotatable bonds is 7. The molecular weight excluding hydrogens is 394 g/mol. The number of furan rings is 1. The fourth-order valence-corrected chi connectivity index (χ4v) is 3.10. The molecular formula is C24H19N3O4. The van der Waals surface area contributed by atoms with Gasteiger partial charge in [0.25, 0.3) is 5.69 Å². The topological polar surface area (TPSA) is 81.1 Å². The predicted octanol–water partition coefficient (Wildman–Crippen LogP) is 6.04. The monoisotopic (exact) mass is 413 g/mol. The molecule has 0 atom stereocenters. The molecule has 7 heteroatoms. The molecule has 0 amide bonds. The van der Waals surface area contributed by atoms with Gasteiger partial charge < -0.3 is 9.15 Å². The van der Waals surface area contributed by atoms with Crippen molar-refractivity contribution in [2.24, 2.45) is 5.10 Å². The van der Waals surface area contributed by atoms with E-state index in [0.717, 1.165) is 11.4 Å². The average Bonchev–Trinajstić information content (AvgIpc) is 3.29. The van der Waals surface area contributed by atoms with Gasteiger partial charge in [-0.3, -0.25) is 10.1 Å². The number of hydrazone groups is 1. The quantitative estimate of drug-likeness (QED) is 0.210. The lowest BCUT2D eigenvalue weighted by Crippen LogP contribution is -2.08. The molecule has 1 heterocycles. The highest BCUT2D eigenvalue weighted by atomic mass is 16.6. The van der Waals surface area contributed by atoms with Crippen LogP contribution in [0.4, 0.5) is 17.1 Å². The van der Waals surface area contributed by atoms with E-state index in [1.54, 1.807) is 24.4 Å². The fraction of sp³-hybridized carbons (Fsp3) is 0.0417. The van der Waals surface area contributed by atoms with Gasteiger partial charge in [0.05, 0.1) is 41.3 Å². The summed E-state index contributed by atoms with van der Waals surface area (Å²) in [6.07, 6.45) is 1.63. The molecule has 0 fully saturated rings. The van der Waals surface area contributed by atoms with E-state index in [0.29, 0.717) is 22.8 Å². The molecule has 0 saturated heterocycles. The summed E-state index contributed by atoms with van der Waals surface area (Å²) < 4.78 is 11.2. The van der Waals surface area contributed by atoms with Gasteiger partial charge in [0, 0.05) is 6.07 Å². The lowest BCUT2D eigenvalue weighted by Gasteiger charge is -2.18. The summed E-state index contributed by atoms with van der Waals surface area (Å²) >= 11 is 0. The van der Waals surface area contributed by atoms with Crippen molar-refractivity contribution in [1.82, 2.24) is 0 Å². The standard InChI is InChI=1S/C24H19N3O4/c1-30-24-16-20(27(28)29)12-14-22(24)23-15-13-21(31-23)17-25-26(18-8-4-2-5-9-18)19-10-6-3-7-11-19/h2-17H,1H3/b25-17-. The zero-order valence-corrected chi connectivity index (χ0v) is 16.7. The number of nitro benzene ring substituents is 1. The van der Waals surface area contributed by atoms with E-state index in [9.17, 15) is 10.1 Å². The second-order valence-corrected chi connectivity index (χ2v) is 6.57. The number of nitro groups is 1. The normalized spacial score (nSPS) is 10.9. The maximum atomic E-state index is 11.0. The Hall–Kier alpha value is -4.39. The van der Waals surface area contributed by atoms with Crippen LogP contribution in [-0.4, -0.2) is 18.2 Å². The second-order valence-electron chi connectivity index (χ2n) is 6.57. The molecule has 0 aliphatic heterocycles. The predicted molar refractivity (Wildman–Crippen MR) is 120 cm³/mol. The van der Waals surface area contributed by atoms with Crippen molar-refractivity contribution in [3.63, 3.8) is 0 Å². The third-order valence-corrected chi connectivity index (χ3v) is 4.59. The van der Waals surface area contributed by atoms with Crippen LogP contribution in [-0.2, 0) is 0 Å². The summed E-state index contributed by atoms with van der Waals surface area (Å²) in [4.78, 5) is 10.5. The number of nitrogens with zero attached hydrogens (tertiary/aromatic N) is 3. The highest BCUT2D eigenvalue weighted by molar-refractivity contribution is 5.80. The first-order valence-corrected chi connectivity index (χ1v) is 9.52. The van der Waals surface area contributed by atoms with Crippen LogP contribution in [0.25, 0.3) is 11.3 Å². The summed E-state index contributed by atoms with van der Waals surface area (Å²) in [7, 11) is 1.46. The molecule has 4 rings (SSSR count). The first-order valence-electron chi connectivity index (χ1n) is 9.52. The van der Waals surface area contributed by atoms with Crippen LogP contribution in [0.15, 0.2) is 101 Å². The molecule has 0 unspecified atom stereocenters. The molecule has 7 nitrogen and oxygen atoms in total. The first kappa shape index (κ1) is 19.9. The Bertz CT molecular complexity index is 1160. The largest absolute Gasteiger partial charge is 0.496 e. The molecule has 31 heavy (non-hydrogen) atoms. The van der Waals surface area contributed by atoms with Crippen molar-refractivity contribution < 1.29 is 14.1 Å². The lowest BCUT2D eigenvalue weighted by atomic mass is 10.1. The van der Waals surface area contributed by atoms with Gasteiger partial charge in [0.1, 0.15) is 17.3 Å². The van der Waals surface area contributed by atoms with Gasteiger partial charge in [-0.1, -0.05) is 36.4 Å². The van der Waals surface area contributed by atoms with E-state index >= 15 is 0 Å². The number of para-hydroxylation sites is 2. The zero-order valence-electron chi connectivity index (χ0n) is 16.7. The van der Waals surface area contributed by atoms with Crippen LogP contribution in [0.1, 0.15) is 5.76 Å². The molecule has 0 N–H and O–H groups in total. The number of hydrogen-bond acceptors (Lipinski definition) is 6. The molecule has 3 aromatic carbocycles. The van der Waals surface area contributed by atoms with E-state index in [4.69, 9.17) is 9.15 Å². The molecule has 0 spiro atoms. The second kappa shape index (κ2) is 8.96. The van der Waals surface area contributed by atoms with Crippen LogP contribution >= 0.6 is 0 Å². The van der Waals surface area contributed by atoms with Gasteiger partial charge in [-0.2, -0.15) is 5.10 Å². The fourth-order valence-electron chi connectivity index (χ4n) is 3.10. The molecule has 0 aliphatic rings. The smallest absolute Gasteiger partial charge is 0.273 e. The lowest BCUT2D eigenvalue weighted by molar-refractivity contribution is -0.384. The Morgan fingerprint density at radius 2 is 1.58 bits per heavy atom. The Morgan fingerprint density at radius 1 is 0.935 bits per heavy atom. The Labute approximate surface area is 179 Å². The van der Waals surface area contributed by atoms with Crippen LogP contribution in [0.5, 0.6) is 5.75 Å². The summed E-state index contributed by atoms with van der Waals surface area (Å²) in [6, 6.07) is 27.6. The van der Waals surface area contributed by atoms with Crippen molar-refractivity contribution in [2.45, 2.75) is 0 Å². The van der Waals surface area contributed by atoms with Crippen molar-refractivity contribution >= 4 is 23.3 Å². The highest BCUT2D eigenvalue weighted by Gasteiger charge is 2.15. The number of non-ortho nitro benzene ring substituents is 1. The van der Waals surface area contributed by atoms with Crippen molar-refractivity contribution in [3.8, 4) is 17.1 Å². The average molecular weight is 413 g/mol. The van der Waals surface area contributed by atoms with Crippen molar-refractivity contribution in [2.75, 3.05) is 12.1 Å². The first-order chi connectivity index (χ1) is 15.2. The third-order valence-electron chi connectivity index (χ3n) is 4.59. The van der Waals surface area contributed by atoms with Crippen molar-refractivity contribution in [1.29, 1.82) is 0 Å². The molecule has 0 aliphatic carbocycles. The highest BCUT2D eigenvalue weighted by Crippen LogP contribution is 2.34. The maximum Gasteiger partial charge on any atom is 0.273 e. The van der Waals surface area contributed by atoms with Gasteiger partial charge in [-0.05, 0) is 42.5 Å². The zero-order chi connectivity index (χ0) is 21.6.